The number of carbonyl (C=O) groups excluding carboxylic acids is 3. The Bertz CT molecular complexity index is 2000. The molecule has 14 heteroatoms. The summed E-state index contributed by atoms with van der Waals surface area (Å²) in [6, 6.07) is 19.8. The fourth-order valence-corrected chi connectivity index (χ4v) is 11.0. The highest BCUT2D eigenvalue weighted by molar-refractivity contribution is 8.00. The van der Waals surface area contributed by atoms with E-state index < -0.39 is 16.8 Å². The summed E-state index contributed by atoms with van der Waals surface area (Å²) in [5.41, 5.74) is 1.79. The van der Waals surface area contributed by atoms with E-state index in [1.807, 2.05) is 12.1 Å². The Balaban J connectivity index is 1.05. The second-order valence-corrected chi connectivity index (χ2v) is 14.8. The van der Waals surface area contributed by atoms with Gasteiger partial charge in [-0.25, -0.2) is 0 Å². The van der Waals surface area contributed by atoms with Crippen molar-refractivity contribution in [1.29, 1.82) is 0 Å². The highest BCUT2D eigenvalue weighted by Gasteiger charge is 2.69. The van der Waals surface area contributed by atoms with E-state index in [9.17, 15) is 29.3 Å². The quantitative estimate of drug-likeness (QED) is 0.143. The summed E-state index contributed by atoms with van der Waals surface area (Å²) < 4.78 is 5.75. The van der Waals surface area contributed by atoms with Gasteiger partial charge in [0.15, 0.2) is 6.61 Å². The Morgan fingerprint density at radius 3 is 2.34 bits per heavy atom. The first-order valence-electron chi connectivity index (χ1n) is 15.0. The van der Waals surface area contributed by atoms with E-state index >= 15 is 0 Å². The largest absolute Gasteiger partial charge is 0.484 e. The third-order valence-electron chi connectivity index (χ3n) is 9.78. The lowest BCUT2D eigenvalue weighted by atomic mass is 9.68. The minimum absolute atomic E-state index is 0.00989. The van der Waals surface area contributed by atoms with Crippen LogP contribution < -0.4 is 19.8 Å². The maximum atomic E-state index is 13.9. The molecule has 0 radical (unpaired) electrons. The number of thiazole rings is 1. The summed E-state index contributed by atoms with van der Waals surface area (Å²) in [7, 11) is 0. The van der Waals surface area contributed by atoms with Gasteiger partial charge in [-0.2, -0.15) is 0 Å². The van der Waals surface area contributed by atoms with E-state index in [0.717, 1.165) is 21.9 Å². The van der Waals surface area contributed by atoms with Crippen LogP contribution in [0.15, 0.2) is 82.6 Å². The van der Waals surface area contributed by atoms with Crippen molar-refractivity contribution in [2.75, 3.05) is 16.8 Å². The molecular formula is C33H25ClN4O7S2. The predicted molar refractivity (Wildman–Crippen MR) is 176 cm³/mol. The monoisotopic (exact) mass is 688 g/mol. The second kappa shape index (κ2) is 11.4. The molecule has 4 aromatic rings. The minimum atomic E-state index is -0.518. The van der Waals surface area contributed by atoms with Crippen LogP contribution >= 0.6 is 34.7 Å². The zero-order chi connectivity index (χ0) is 32.6. The Labute approximate surface area is 280 Å². The number of nitro groups is 1. The summed E-state index contributed by atoms with van der Waals surface area (Å²) >= 11 is 8.69. The van der Waals surface area contributed by atoms with Crippen molar-refractivity contribution in [2.24, 2.45) is 29.6 Å². The topological polar surface area (TPSA) is 152 Å². The van der Waals surface area contributed by atoms with Gasteiger partial charge in [-0.05, 0) is 78.3 Å². The molecule has 7 atom stereocenters. The fraction of sp³-hybridized carbons (Fsp3) is 0.273. The molecular weight excluding hydrogens is 664 g/mol. The second-order valence-electron chi connectivity index (χ2n) is 12.2. The highest BCUT2D eigenvalue weighted by atomic mass is 35.5. The normalized spacial score (nSPS) is 26.9. The molecule has 8 rings (SSSR count). The molecule has 0 unspecified atom stereocenters. The van der Waals surface area contributed by atoms with Crippen LogP contribution in [-0.4, -0.2) is 39.5 Å². The summed E-state index contributed by atoms with van der Waals surface area (Å²) in [5, 5.41) is 15.3. The maximum Gasteiger partial charge on any atom is 0.305 e. The number of non-ortho nitro benzene ring substituents is 1. The molecule has 0 spiro atoms. The van der Waals surface area contributed by atoms with Crippen LogP contribution in [0, 0.1) is 39.7 Å². The maximum absolute atomic E-state index is 13.9. The molecule has 3 heterocycles. The van der Waals surface area contributed by atoms with Gasteiger partial charge in [0.2, 0.25) is 11.8 Å². The smallest absolute Gasteiger partial charge is 0.305 e. The van der Waals surface area contributed by atoms with E-state index in [1.54, 1.807) is 48.2 Å². The average Bonchev–Trinajstić information content (AvgIpc) is 3.80. The lowest BCUT2D eigenvalue weighted by Gasteiger charge is -2.43. The van der Waals surface area contributed by atoms with Gasteiger partial charge in [-0.3, -0.25) is 34.2 Å². The predicted octanol–water partition coefficient (Wildman–Crippen LogP) is 5.69. The SMILES string of the molecule is O=C(COc1ccc([C@@H]2c3sc(=O)[nH]c3S[C@@H]3[C@@H]4C[C@@H]([C@@H]5C(=O)N(c6ccc([N+](=O)[O-])cc6)C(=O)[C@@H]45)[C@H]23)cc1)Nc1ccc(Cl)cc1. The van der Waals surface area contributed by atoms with Gasteiger partial charge in [-0.1, -0.05) is 35.1 Å². The van der Waals surface area contributed by atoms with Gasteiger partial charge in [0, 0.05) is 38.9 Å². The third-order valence-corrected chi connectivity index (χ3v) is 12.6. The summed E-state index contributed by atoms with van der Waals surface area (Å²) in [5.74, 6) is -1.60. The van der Waals surface area contributed by atoms with Crippen LogP contribution in [0.2, 0.25) is 5.02 Å². The van der Waals surface area contributed by atoms with Crippen molar-refractivity contribution in [3.63, 3.8) is 0 Å². The zero-order valence-corrected chi connectivity index (χ0v) is 26.7. The van der Waals surface area contributed by atoms with E-state index in [1.165, 1.54) is 40.5 Å². The molecule has 3 fully saturated rings. The van der Waals surface area contributed by atoms with Gasteiger partial charge in [0.25, 0.3) is 11.6 Å². The molecule has 3 amide bonds. The van der Waals surface area contributed by atoms with Crippen molar-refractivity contribution in [1.82, 2.24) is 4.98 Å². The molecule has 1 saturated heterocycles. The van der Waals surface area contributed by atoms with Crippen molar-refractivity contribution >= 4 is 69.5 Å². The standard InChI is InChI=1S/C33H25ClN4O7S2/c34-16-3-5-17(6-4-16)35-23(39)14-45-20-11-1-15(2-12-20)24-25-21-13-22(28(25)46-30-29(24)47-33(42)36-30)27-26(21)31(40)37(32(27)41)18-7-9-19(10-8-18)38(43)44/h1-12,21-22,24-28H,13-14H2,(H,35,39)(H,36,42)/t21-,22-,24+,25-,26+,27+,28-/m1/s1. The number of H-pyrrole nitrogens is 1. The number of ether oxygens (including phenoxy) is 1. The molecule has 2 saturated carbocycles. The van der Waals surface area contributed by atoms with Crippen LogP contribution in [0.25, 0.3) is 0 Å². The number of benzene rings is 3. The Kier molecular flexibility index (Phi) is 7.23. The van der Waals surface area contributed by atoms with Crippen LogP contribution in [-0.2, 0) is 14.4 Å². The molecule has 1 aromatic heterocycles. The van der Waals surface area contributed by atoms with Crippen molar-refractivity contribution in [3.8, 4) is 5.75 Å². The van der Waals surface area contributed by atoms with Crippen LogP contribution in [0.1, 0.15) is 22.8 Å². The molecule has 238 valence electrons. The Morgan fingerprint density at radius 1 is 0.979 bits per heavy atom. The molecule has 4 aliphatic rings. The highest BCUT2D eigenvalue weighted by Crippen LogP contribution is 2.68. The number of rotatable bonds is 7. The van der Waals surface area contributed by atoms with Crippen molar-refractivity contribution < 1.29 is 24.0 Å². The number of nitrogens with one attached hydrogen (secondary N) is 2. The molecule has 3 aromatic carbocycles. The summed E-state index contributed by atoms with van der Waals surface area (Å²) in [6.07, 6.45) is 0.739. The average molecular weight is 689 g/mol. The number of hydrogen-bond donors (Lipinski definition) is 2. The fourth-order valence-electron chi connectivity index (χ4n) is 8.02. The summed E-state index contributed by atoms with van der Waals surface area (Å²) in [4.78, 5) is 68.4. The van der Waals surface area contributed by atoms with E-state index in [2.05, 4.69) is 10.3 Å². The number of imide groups is 1. The van der Waals surface area contributed by atoms with E-state index in [0.29, 0.717) is 22.1 Å². The van der Waals surface area contributed by atoms with Crippen LogP contribution in [0.3, 0.4) is 0 Å². The number of anilines is 2. The third kappa shape index (κ3) is 4.95. The first kappa shape index (κ1) is 29.9. The molecule has 2 N–H and O–H groups in total. The van der Waals surface area contributed by atoms with Gasteiger partial charge < -0.3 is 15.0 Å². The number of nitrogens with zero attached hydrogens (tertiary/aromatic N) is 2. The molecule has 2 bridgehead atoms. The lowest BCUT2D eigenvalue weighted by molar-refractivity contribution is -0.384. The van der Waals surface area contributed by atoms with Gasteiger partial charge in [0.05, 0.1) is 27.5 Å². The zero-order valence-electron chi connectivity index (χ0n) is 24.3. The van der Waals surface area contributed by atoms with Gasteiger partial charge in [-0.15, -0.1) is 11.8 Å². The summed E-state index contributed by atoms with van der Waals surface area (Å²) in [6.45, 7) is -0.190. The van der Waals surface area contributed by atoms with Crippen LogP contribution in [0.5, 0.6) is 5.75 Å². The Hall–Kier alpha value is -4.46. The number of aromatic nitrogens is 1. The number of carbonyl (C=O) groups is 3. The number of hydrogen-bond acceptors (Lipinski definition) is 9. The molecule has 11 nitrogen and oxygen atoms in total. The lowest BCUT2D eigenvalue weighted by Crippen LogP contribution is -2.42. The minimum Gasteiger partial charge on any atom is -0.484 e. The molecule has 47 heavy (non-hydrogen) atoms. The van der Waals surface area contributed by atoms with Crippen LogP contribution in [0.4, 0.5) is 17.1 Å². The number of thioether (sulfide) groups is 1. The Morgan fingerprint density at radius 2 is 1.66 bits per heavy atom. The first-order valence-corrected chi connectivity index (χ1v) is 17.1. The first-order chi connectivity index (χ1) is 22.7. The van der Waals surface area contributed by atoms with Gasteiger partial charge in [0.1, 0.15) is 5.75 Å². The van der Waals surface area contributed by atoms with E-state index in [4.69, 9.17) is 16.3 Å². The molecule has 2 aliphatic heterocycles. The van der Waals surface area contributed by atoms with E-state index in [-0.39, 0.29) is 63.8 Å². The number of aromatic amines is 1. The number of nitro benzene ring substituents is 1. The number of fused-ring (bicyclic) bond motifs is 9. The number of halogens is 1. The van der Waals surface area contributed by atoms with Crippen molar-refractivity contribution in [2.45, 2.75) is 22.6 Å². The van der Waals surface area contributed by atoms with Gasteiger partial charge >= 0.3 is 4.87 Å². The van der Waals surface area contributed by atoms with Crippen molar-refractivity contribution in [3.05, 3.63) is 108 Å². The molecule has 2 aliphatic carbocycles. The number of amides is 3.